The fourth-order valence-corrected chi connectivity index (χ4v) is 2.90. The topological polar surface area (TPSA) is 52.4 Å². The van der Waals surface area contributed by atoms with Crippen molar-refractivity contribution in [2.75, 3.05) is 27.3 Å². The Morgan fingerprint density at radius 2 is 1.78 bits per heavy atom. The lowest BCUT2D eigenvalue weighted by molar-refractivity contribution is 0.177. The minimum Gasteiger partial charge on any atom is -0.497 e. The van der Waals surface area contributed by atoms with Gasteiger partial charge in [0, 0.05) is 7.11 Å². The number of hydrogen-bond donors (Lipinski definition) is 0. The molecule has 2 aromatic rings. The summed E-state index contributed by atoms with van der Waals surface area (Å²) in [6, 6.07) is 8.08. The van der Waals surface area contributed by atoms with Crippen LogP contribution in [0.25, 0.3) is 0 Å². The number of rotatable bonds is 7. The Balaban J connectivity index is 1.77. The minimum atomic E-state index is 0.447. The molecule has 1 aliphatic rings. The molecule has 1 fully saturated rings. The summed E-state index contributed by atoms with van der Waals surface area (Å²) < 4.78 is 12.4. The fourth-order valence-electron chi connectivity index (χ4n) is 2.90. The van der Waals surface area contributed by atoms with E-state index in [2.05, 4.69) is 27.1 Å². The maximum atomic E-state index is 5.21. The van der Waals surface area contributed by atoms with Crippen LogP contribution in [-0.2, 0) is 24.4 Å². The standard InChI is InChI=1S/C17H24N4O2/c1-22-13-16-18-17(12-20-9-3-4-10-20)21(19-16)11-14-5-7-15(23-2)8-6-14/h5-8H,3-4,9-13H2,1-2H3. The number of ether oxygens (including phenoxy) is 2. The Bertz CT molecular complexity index is 618. The summed E-state index contributed by atoms with van der Waals surface area (Å²) in [6.45, 7) is 4.31. The van der Waals surface area contributed by atoms with Gasteiger partial charge in [-0.3, -0.25) is 4.90 Å². The van der Waals surface area contributed by atoms with Crippen LogP contribution in [-0.4, -0.2) is 47.0 Å². The number of aromatic nitrogens is 3. The molecule has 0 radical (unpaired) electrons. The Labute approximate surface area is 137 Å². The Kier molecular flexibility index (Phi) is 5.25. The van der Waals surface area contributed by atoms with E-state index in [1.165, 1.54) is 18.4 Å². The van der Waals surface area contributed by atoms with Crippen molar-refractivity contribution in [3.8, 4) is 5.75 Å². The zero-order valence-corrected chi connectivity index (χ0v) is 13.9. The summed E-state index contributed by atoms with van der Waals surface area (Å²) in [5.74, 6) is 2.62. The lowest BCUT2D eigenvalue weighted by atomic mass is 10.2. The normalized spacial score (nSPS) is 15.2. The second-order valence-electron chi connectivity index (χ2n) is 5.87. The zero-order chi connectivity index (χ0) is 16.1. The van der Waals surface area contributed by atoms with Crippen molar-refractivity contribution < 1.29 is 9.47 Å². The second kappa shape index (κ2) is 7.57. The molecule has 0 atom stereocenters. The monoisotopic (exact) mass is 316 g/mol. The van der Waals surface area contributed by atoms with Crippen molar-refractivity contribution in [2.24, 2.45) is 0 Å². The van der Waals surface area contributed by atoms with Crippen LogP contribution in [0, 0.1) is 0 Å². The summed E-state index contributed by atoms with van der Waals surface area (Å²) in [5, 5.41) is 4.60. The summed E-state index contributed by atoms with van der Waals surface area (Å²) in [4.78, 5) is 7.09. The summed E-state index contributed by atoms with van der Waals surface area (Å²) in [5.41, 5.74) is 1.18. The lowest BCUT2D eigenvalue weighted by Crippen LogP contribution is -2.21. The van der Waals surface area contributed by atoms with Crippen LogP contribution in [0.5, 0.6) is 5.75 Å². The first-order valence-electron chi connectivity index (χ1n) is 8.05. The van der Waals surface area contributed by atoms with Crippen molar-refractivity contribution in [3.05, 3.63) is 41.5 Å². The molecule has 0 saturated carbocycles. The number of likely N-dealkylation sites (tertiary alicyclic amines) is 1. The summed E-state index contributed by atoms with van der Waals surface area (Å²) in [6.07, 6.45) is 2.55. The highest BCUT2D eigenvalue weighted by Crippen LogP contribution is 2.15. The third-order valence-corrected chi connectivity index (χ3v) is 4.12. The lowest BCUT2D eigenvalue weighted by Gasteiger charge is -2.14. The molecule has 1 aliphatic heterocycles. The largest absolute Gasteiger partial charge is 0.497 e. The Morgan fingerprint density at radius 3 is 2.43 bits per heavy atom. The van der Waals surface area contributed by atoms with Crippen molar-refractivity contribution in [2.45, 2.75) is 32.5 Å². The maximum absolute atomic E-state index is 5.21. The molecule has 0 N–H and O–H groups in total. The zero-order valence-electron chi connectivity index (χ0n) is 13.9. The molecule has 1 aromatic heterocycles. The molecule has 3 rings (SSSR count). The molecule has 23 heavy (non-hydrogen) atoms. The van der Waals surface area contributed by atoms with Crippen LogP contribution in [0.3, 0.4) is 0 Å². The van der Waals surface area contributed by atoms with Gasteiger partial charge in [-0.1, -0.05) is 12.1 Å². The molecule has 1 saturated heterocycles. The third-order valence-electron chi connectivity index (χ3n) is 4.12. The molecular weight excluding hydrogens is 292 g/mol. The molecule has 6 heteroatoms. The predicted octanol–water partition coefficient (Wildman–Crippen LogP) is 2.08. The average molecular weight is 316 g/mol. The van der Waals surface area contributed by atoms with Gasteiger partial charge in [0.2, 0.25) is 0 Å². The number of hydrogen-bond acceptors (Lipinski definition) is 5. The SMILES string of the molecule is COCc1nc(CN2CCCC2)n(Cc2ccc(OC)cc2)n1. The van der Waals surface area contributed by atoms with Crippen molar-refractivity contribution in [1.82, 2.24) is 19.7 Å². The van der Waals surface area contributed by atoms with Gasteiger partial charge in [-0.25, -0.2) is 9.67 Å². The second-order valence-corrected chi connectivity index (χ2v) is 5.87. The Morgan fingerprint density at radius 1 is 1.04 bits per heavy atom. The van der Waals surface area contributed by atoms with E-state index in [1.807, 2.05) is 16.8 Å². The van der Waals surface area contributed by atoms with Gasteiger partial charge in [-0.05, 0) is 43.6 Å². The first-order valence-corrected chi connectivity index (χ1v) is 8.05. The van der Waals surface area contributed by atoms with Crippen LogP contribution < -0.4 is 4.74 Å². The van der Waals surface area contributed by atoms with E-state index >= 15 is 0 Å². The van der Waals surface area contributed by atoms with Gasteiger partial charge >= 0.3 is 0 Å². The highest BCUT2D eigenvalue weighted by atomic mass is 16.5. The molecule has 0 unspecified atom stereocenters. The quantitative estimate of drug-likeness (QED) is 0.783. The van der Waals surface area contributed by atoms with Gasteiger partial charge in [0.25, 0.3) is 0 Å². The molecule has 0 spiro atoms. The van der Waals surface area contributed by atoms with Crippen molar-refractivity contribution in [1.29, 1.82) is 0 Å². The molecule has 0 aliphatic carbocycles. The van der Waals surface area contributed by atoms with Gasteiger partial charge in [0.1, 0.15) is 18.2 Å². The van der Waals surface area contributed by atoms with Crippen LogP contribution in [0.15, 0.2) is 24.3 Å². The van der Waals surface area contributed by atoms with Gasteiger partial charge in [-0.15, -0.1) is 0 Å². The molecule has 0 bridgehead atoms. The number of benzene rings is 1. The smallest absolute Gasteiger partial charge is 0.176 e. The van der Waals surface area contributed by atoms with E-state index in [4.69, 9.17) is 9.47 Å². The van der Waals surface area contributed by atoms with E-state index in [0.29, 0.717) is 13.2 Å². The highest BCUT2D eigenvalue weighted by molar-refractivity contribution is 5.27. The maximum Gasteiger partial charge on any atom is 0.176 e. The van der Waals surface area contributed by atoms with Gasteiger partial charge in [-0.2, -0.15) is 5.10 Å². The van der Waals surface area contributed by atoms with Gasteiger partial charge < -0.3 is 9.47 Å². The molecular formula is C17H24N4O2. The van der Waals surface area contributed by atoms with Crippen LogP contribution in [0.4, 0.5) is 0 Å². The van der Waals surface area contributed by atoms with E-state index in [1.54, 1.807) is 14.2 Å². The van der Waals surface area contributed by atoms with Crippen molar-refractivity contribution in [3.63, 3.8) is 0 Å². The predicted molar refractivity (Wildman–Crippen MR) is 87.3 cm³/mol. The third kappa shape index (κ3) is 4.09. The fraction of sp³-hybridized carbons (Fsp3) is 0.529. The minimum absolute atomic E-state index is 0.447. The molecule has 6 nitrogen and oxygen atoms in total. The van der Waals surface area contributed by atoms with Crippen LogP contribution in [0.2, 0.25) is 0 Å². The van der Waals surface area contributed by atoms with E-state index in [-0.39, 0.29) is 0 Å². The van der Waals surface area contributed by atoms with Gasteiger partial charge in [0.05, 0.1) is 20.2 Å². The molecule has 0 amide bonds. The average Bonchev–Trinajstić information content (AvgIpc) is 3.20. The van der Waals surface area contributed by atoms with Crippen LogP contribution >= 0.6 is 0 Å². The Hall–Kier alpha value is -1.92. The highest BCUT2D eigenvalue weighted by Gasteiger charge is 2.17. The number of nitrogens with zero attached hydrogens (tertiary/aromatic N) is 4. The summed E-state index contributed by atoms with van der Waals surface area (Å²) >= 11 is 0. The van der Waals surface area contributed by atoms with Crippen LogP contribution in [0.1, 0.15) is 30.1 Å². The number of methoxy groups -OCH3 is 2. The first kappa shape index (κ1) is 16.0. The van der Waals surface area contributed by atoms with E-state index < -0.39 is 0 Å². The molecule has 124 valence electrons. The van der Waals surface area contributed by atoms with E-state index in [9.17, 15) is 0 Å². The van der Waals surface area contributed by atoms with E-state index in [0.717, 1.165) is 37.0 Å². The van der Waals surface area contributed by atoms with Gasteiger partial charge in [0.15, 0.2) is 5.82 Å². The summed E-state index contributed by atoms with van der Waals surface area (Å²) in [7, 11) is 3.35. The molecule has 2 heterocycles. The first-order chi connectivity index (χ1) is 11.3. The molecule has 1 aromatic carbocycles. The van der Waals surface area contributed by atoms with Crippen molar-refractivity contribution >= 4 is 0 Å².